The number of rotatable bonds is 9. The van der Waals surface area contributed by atoms with E-state index >= 15 is 0 Å². The van der Waals surface area contributed by atoms with E-state index in [2.05, 4.69) is 26.3 Å². The maximum atomic E-state index is 13.2. The van der Waals surface area contributed by atoms with Crippen LogP contribution in [-0.4, -0.2) is 41.8 Å². The second kappa shape index (κ2) is 10.0. The zero-order valence-corrected chi connectivity index (χ0v) is 19.7. The summed E-state index contributed by atoms with van der Waals surface area (Å²) in [6.45, 7) is 2.10. The van der Waals surface area contributed by atoms with Gasteiger partial charge in [-0.15, -0.1) is 11.3 Å². The minimum atomic E-state index is -3.95. The molecule has 0 radical (unpaired) electrons. The first-order valence-electron chi connectivity index (χ1n) is 10.5. The molecule has 1 aromatic carbocycles. The molecule has 0 bridgehead atoms. The molecule has 33 heavy (non-hydrogen) atoms. The van der Waals surface area contributed by atoms with E-state index in [0.29, 0.717) is 29.2 Å². The Labute approximate surface area is 196 Å². The molecule has 1 aliphatic carbocycles. The zero-order valence-electron chi connectivity index (χ0n) is 18.1. The Balaban J connectivity index is 1.42. The quantitative estimate of drug-likeness (QED) is 0.440. The van der Waals surface area contributed by atoms with Crippen LogP contribution >= 0.6 is 11.3 Å². The van der Waals surface area contributed by atoms with Crippen LogP contribution in [0.25, 0.3) is 0 Å². The van der Waals surface area contributed by atoms with Gasteiger partial charge in [0.25, 0.3) is 0 Å². The van der Waals surface area contributed by atoms with Gasteiger partial charge in [-0.1, -0.05) is 29.8 Å². The summed E-state index contributed by atoms with van der Waals surface area (Å²) >= 11 is 1.31. The van der Waals surface area contributed by atoms with Crippen molar-refractivity contribution in [2.24, 2.45) is 11.1 Å². The highest BCUT2D eigenvalue weighted by Gasteiger charge is 2.28. The number of nitrogens with two attached hydrogens (primary N) is 1. The molecule has 2 heterocycles. The molecule has 0 spiro atoms. The van der Waals surface area contributed by atoms with E-state index in [-0.39, 0.29) is 24.3 Å². The van der Waals surface area contributed by atoms with Gasteiger partial charge >= 0.3 is 10.3 Å². The number of ketones is 1. The minimum absolute atomic E-state index is 0.0358. The third-order valence-electron chi connectivity index (χ3n) is 5.52. The number of nitrogens with one attached hydrogen (secondary N) is 1. The van der Waals surface area contributed by atoms with Gasteiger partial charge in [-0.05, 0) is 37.7 Å². The Morgan fingerprint density at radius 1 is 1.33 bits per heavy atom. The van der Waals surface area contributed by atoms with E-state index < -0.39 is 10.3 Å². The molecule has 3 N–H and O–H groups in total. The summed E-state index contributed by atoms with van der Waals surface area (Å²) in [4.78, 5) is 26.0. The molecule has 1 saturated carbocycles. The van der Waals surface area contributed by atoms with Gasteiger partial charge in [-0.25, -0.2) is 20.1 Å². The molecule has 1 unspecified atom stereocenters. The van der Waals surface area contributed by atoms with Gasteiger partial charge in [-0.2, -0.15) is 8.42 Å². The SMILES string of the molecule is Cc1cccc(Cc2csc(C(=O)c3cncnc3NC3CC[C@@H](COS(N)(=O)=O)C3)n2)c1. The lowest BCUT2D eigenvalue weighted by atomic mass is 10.1. The van der Waals surface area contributed by atoms with Gasteiger partial charge in [-0.3, -0.25) is 8.98 Å². The molecule has 2 aromatic heterocycles. The van der Waals surface area contributed by atoms with Crippen molar-refractivity contribution >= 4 is 33.2 Å². The Morgan fingerprint density at radius 3 is 2.97 bits per heavy atom. The van der Waals surface area contributed by atoms with E-state index in [4.69, 9.17) is 9.32 Å². The van der Waals surface area contributed by atoms with Gasteiger partial charge < -0.3 is 5.32 Å². The number of carbonyl (C=O) groups is 1. The smallest absolute Gasteiger partial charge is 0.333 e. The van der Waals surface area contributed by atoms with Crippen LogP contribution < -0.4 is 10.5 Å². The van der Waals surface area contributed by atoms with E-state index in [0.717, 1.165) is 24.1 Å². The van der Waals surface area contributed by atoms with E-state index in [1.54, 1.807) is 0 Å². The fourth-order valence-corrected chi connectivity index (χ4v) is 5.14. The number of carbonyl (C=O) groups excluding carboxylic acids is 1. The molecule has 4 rings (SSSR count). The molecule has 0 aliphatic heterocycles. The largest absolute Gasteiger partial charge is 0.367 e. The number of thiazole rings is 1. The fourth-order valence-electron chi connectivity index (χ4n) is 3.99. The average molecular weight is 488 g/mol. The number of hydrogen-bond donors (Lipinski definition) is 2. The van der Waals surface area contributed by atoms with Crippen molar-refractivity contribution in [3.63, 3.8) is 0 Å². The van der Waals surface area contributed by atoms with Crippen LogP contribution in [0.3, 0.4) is 0 Å². The van der Waals surface area contributed by atoms with Crippen LogP contribution in [0.15, 0.2) is 42.2 Å². The molecular weight excluding hydrogens is 462 g/mol. The highest BCUT2D eigenvalue weighted by Crippen LogP contribution is 2.29. The summed E-state index contributed by atoms with van der Waals surface area (Å²) in [5.41, 5.74) is 3.53. The molecular formula is C22H25N5O4S2. The zero-order chi connectivity index (χ0) is 23.4. The molecule has 1 aliphatic rings. The van der Waals surface area contributed by atoms with E-state index in [1.807, 2.05) is 30.5 Å². The van der Waals surface area contributed by atoms with Crippen LogP contribution in [-0.2, 0) is 20.9 Å². The maximum absolute atomic E-state index is 13.2. The number of hydrogen-bond acceptors (Lipinski definition) is 9. The van der Waals surface area contributed by atoms with Crippen LogP contribution in [0.2, 0.25) is 0 Å². The second-order valence-electron chi connectivity index (χ2n) is 8.22. The minimum Gasteiger partial charge on any atom is -0.367 e. The Kier molecular flexibility index (Phi) is 7.13. The van der Waals surface area contributed by atoms with Crippen LogP contribution in [0.1, 0.15) is 51.4 Å². The van der Waals surface area contributed by atoms with Gasteiger partial charge in [0.2, 0.25) is 5.78 Å². The number of aryl methyl sites for hydroxylation is 1. The summed E-state index contributed by atoms with van der Waals surface area (Å²) in [6, 6.07) is 8.24. The van der Waals surface area contributed by atoms with Crippen molar-refractivity contribution in [1.29, 1.82) is 0 Å². The number of benzene rings is 1. The van der Waals surface area contributed by atoms with Crippen LogP contribution in [0, 0.1) is 12.8 Å². The molecule has 0 amide bonds. The van der Waals surface area contributed by atoms with E-state index in [9.17, 15) is 13.2 Å². The highest BCUT2D eigenvalue weighted by atomic mass is 32.2. The lowest BCUT2D eigenvalue weighted by Crippen LogP contribution is -2.22. The second-order valence-corrected chi connectivity index (χ2v) is 10.3. The first-order chi connectivity index (χ1) is 15.8. The summed E-state index contributed by atoms with van der Waals surface area (Å²) < 4.78 is 26.7. The maximum Gasteiger partial charge on any atom is 0.333 e. The van der Waals surface area contributed by atoms with Crippen molar-refractivity contribution in [3.8, 4) is 0 Å². The van der Waals surface area contributed by atoms with Crippen molar-refractivity contribution < 1.29 is 17.4 Å². The van der Waals surface area contributed by atoms with E-state index in [1.165, 1.54) is 29.4 Å². The Bertz CT molecular complexity index is 1240. The van der Waals surface area contributed by atoms with Gasteiger partial charge in [0, 0.05) is 24.0 Å². The summed E-state index contributed by atoms with van der Waals surface area (Å²) in [5, 5.41) is 10.5. The average Bonchev–Trinajstić information content (AvgIpc) is 3.41. The van der Waals surface area contributed by atoms with Gasteiger partial charge in [0.15, 0.2) is 5.01 Å². The van der Waals surface area contributed by atoms with Crippen molar-refractivity contribution in [3.05, 3.63) is 69.6 Å². The van der Waals surface area contributed by atoms with Crippen molar-refractivity contribution in [2.75, 3.05) is 11.9 Å². The Hall–Kier alpha value is -2.73. The first-order valence-corrected chi connectivity index (χ1v) is 12.9. The molecule has 174 valence electrons. The standard InChI is InChI=1S/C22H25N5O4S2/c1-14-3-2-4-15(7-14)8-18-12-32-22(27-18)20(28)19-10-24-13-25-21(19)26-17-6-5-16(9-17)11-31-33(23,29)30/h2-4,7,10,12-13,16-17H,5-6,8-9,11H2,1H3,(H2,23,29,30)(H,24,25,26)/t16-,17?/m1/s1. The normalized spacial score (nSPS) is 18.4. The predicted octanol–water partition coefficient (Wildman–Crippen LogP) is 2.86. The summed E-state index contributed by atoms with van der Waals surface area (Å²) in [7, 11) is -3.95. The number of aromatic nitrogens is 3. The molecule has 0 saturated heterocycles. The molecule has 2 atom stereocenters. The topological polar surface area (TPSA) is 137 Å². The van der Waals surface area contributed by atoms with Crippen LogP contribution in [0.4, 0.5) is 5.82 Å². The lowest BCUT2D eigenvalue weighted by Gasteiger charge is -2.15. The third-order valence-corrected chi connectivity index (χ3v) is 6.88. The molecule has 1 fully saturated rings. The van der Waals surface area contributed by atoms with Gasteiger partial charge in [0.05, 0.1) is 17.9 Å². The monoisotopic (exact) mass is 487 g/mol. The van der Waals surface area contributed by atoms with Crippen LogP contribution in [0.5, 0.6) is 0 Å². The molecule has 9 nitrogen and oxygen atoms in total. The summed E-state index contributed by atoms with van der Waals surface area (Å²) in [6.07, 6.45) is 5.82. The van der Waals surface area contributed by atoms with Crippen molar-refractivity contribution in [2.45, 2.75) is 38.6 Å². The lowest BCUT2D eigenvalue weighted by molar-refractivity contribution is 0.103. The van der Waals surface area contributed by atoms with Gasteiger partial charge in [0.1, 0.15) is 12.1 Å². The highest BCUT2D eigenvalue weighted by molar-refractivity contribution is 7.84. The predicted molar refractivity (Wildman–Crippen MR) is 125 cm³/mol. The molecule has 3 aromatic rings. The fraction of sp³-hybridized carbons (Fsp3) is 0.364. The number of nitrogens with zero attached hydrogens (tertiary/aromatic N) is 3. The third kappa shape index (κ3) is 6.41. The summed E-state index contributed by atoms with van der Waals surface area (Å²) in [5.74, 6) is 0.277. The molecule has 11 heteroatoms. The number of anilines is 1. The first kappa shape index (κ1) is 23.4. The van der Waals surface area contributed by atoms with Crippen molar-refractivity contribution in [1.82, 2.24) is 15.0 Å². The Morgan fingerprint density at radius 2 is 2.18 bits per heavy atom.